The fourth-order valence-corrected chi connectivity index (χ4v) is 1.87. The maximum Gasteiger partial charge on any atom is 0.255 e. The molecule has 1 unspecified atom stereocenters. The van der Waals surface area contributed by atoms with E-state index in [1.807, 2.05) is 0 Å². The van der Waals surface area contributed by atoms with Gasteiger partial charge in [-0.15, -0.1) is 0 Å². The van der Waals surface area contributed by atoms with Gasteiger partial charge >= 0.3 is 0 Å². The van der Waals surface area contributed by atoms with E-state index < -0.39 is 6.04 Å². The Hall–Kier alpha value is -2.31. The highest BCUT2D eigenvalue weighted by molar-refractivity contribution is 6.00. The molecular formula is C12H16N4O3. The normalized spacial score (nSPS) is 16.8. The number of methoxy groups -OCH3 is 1. The van der Waals surface area contributed by atoms with Crippen LogP contribution in [0.15, 0.2) is 23.6 Å². The first kappa shape index (κ1) is 13.1. The summed E-state index contributed by atoms with van der Waals surface area (Å²) >= 11 is 0. The third-order valence-electron chi connectivity index (χ3n) is 3.06. The van der Waals surface area contributed by atoms with Crippen molar-refractivity contribution in [2.24, 2.45) is 16.8 Å². The van der Waals surface area contributed by atoms with E-state index in [2.05, 4.69) is 15.5 Å². The minimum absolute atomic E-state index is 0.0175. The van der Waals surface area contributed by atoms with Gasteiger partial charge in [0.05, 0.1) is 24.9 Å². The number of oxime groups is 1. The smallest absolute Gasteiger partial charge is 0.255 e. The van der Waals surface area contributed by atoms with E-state index >= 15 is 0 Å². The number of nitrogens with two attached hydrogens (primary N) is 1. The van der Waals surface area contributed by atoms with E-state index in [9.17, 15) is 4.79 Å². The number of aromatic nitrogens is 1. The van der Waals surface area contributed by atoms with Crippen LogP contribution in [0.3, 0.4) is 0 Å². The molecule has 1 saturated carbocycles. The molecule has 0 spiro atoms. The van der Waals surface area contributed by atoms with Gasteiger partial charge in [0.1, 0.15) is 5.75 Å². The molecule has 1 atom stereocenters. The lowest BCUT2D eigenvalue weighted by atomic mass is 10.1. The molecule has 0 aliphatic heterocycles. The lowest BCUT2D eigenvalue weighted by Gasteiger charge is -2.17. The summed E-state index contributed by atoms with van der Waals surface area (Å²) in [7, 11) is 1.47. The number of nitrogens with zero attached hydrogens (tertiary/aromatic N) is 2. The van der Waals surface area contributed by atoms with Crippen molar-refractivity contribution in [3.8, 4) is 5.75 Å². The molecule has 1 amide bonds. The van der Waals surface area contributed by atoms with Crippen molar-refractivity contribution in [2.45, 2.75) is 18.9 Å². The van der Waals surface area contributed by atoms with Gasteiger partial charge in [0.2, 0.25) is 0 Å². The molecule has 7 nitrogen and oxygen atoms in total. The van der Waals surface area contributed by atoms with E-state index in [4.69, 9.17) is 15.7 Å². The van der Waals surface area contributed by atoms with Gasteiger partial charge in [-0.2, -0.15) is 0 Å². The van der Waals surface area contributed by atoms with Gasteiger partial charge in [-0.25, -0.2) is 0 Å². The van der Waals surface area contributed by atoms with E-state index in [1.54, 1.807) is 6.07 Å². The first-order chi connectivity index (χ1) is 9.17. The van der Waals surface area contributed by atoms with Crippen LogP contribution in [-0.4, -0.2) is 35.1 Å². The molecule has 0 radical (unpaired) electrons. The summed E-state index contributed by atoms with van der Waals surface area (Å²) in [6.07, 6.45) is 4.88. The van der Waals surface area contributed by atoms with Gasteiger partial charge in [0.25, 0.3) is 5.91 Å². The molecule has 1 aliphatic carbocycles. The van der Waals surface area contributed by atoms with Gasteiger partial charge in [0.15, 0.2) is 5.84 Å². The van der Waals surface area contributed by atoms with E-state index in [-0.39, 0.29) is 17.7 Å². The van der Waals surface area contributed by atoms with Gasteiger partial charge < -0.3 is 21.0 Å². The molecular weight excluding hydrogens is 248 g/mol. The second-order valence-corrected chi connectivity index (χ2v) is 4.39. The number of amidine groups is 1. The number of amides is 1. The van der Waals surface area contributed by atoms with E-state index in [0.717, 1.165) is 12.8 Å². The molecule has 102 valence electrons. The molecule has 7 heteroatoms. The Bertz CT molecular complexity index is 500. The summed E-state index contributed by atoms with van der Waals surface area (Å²) in [4.78, 5) is 16.1. The molecule has 1 fully saturated rings. The zero-order chi connectivity index (χ0) is 13.8. The van der Waals surface area contributed by atoms with Crippen molar-refractivity contribution in [3.63, 3.8) is 0 Å². The van der Waals surface area contributed by atoms with Gasteiger partial charge in [-0.1, -0.05) is 5.16 Å². The Labute approximate surface area is 110 Å². The van der Waals surface area contributed by atoms with Crippen molar-refractivity contribution in [1.29, 1.82) is 0 Å². The highest BCUT2D eigenvalue weighted by atomic mass is 16.5. The molecule has 1 aromatic rings. The van der Waals surface area contributed by atoms with E-state index in [1.165, 1.54) is 19.5 Å². The van der Waals surface area contributed by atoms with Crippen LogP contribution in [0.5, 0.6) is 5.75 Å². The second kappa shape index (κ2) is 5.55. The maximum absolute atomic E-state index is 12.2. The van der Waals surface area contributed by atoms with Crippen LogP contribution in [0.25, 0.3) is 0 Å². The summed E-state index contributed by atoms with van der Waals surface area (Å²) < 4.78 is 5.08. The van der Waals surface area contributed by atoms with E-state index in [0.29, 0.717) is 11.3 Å². The average Bonchev–Trinajstić information content (AvgIpc) is 3.28. The highest BCUT2D eigenvalue weighted by Gasteiger charge is 2.35. The first-order valence-electron chi connectivity index (χ1n) is 5.93. The predicted molar refractivity (Wildman–Crippen MR) is 68.2 cm³/mol. The third-order valence-corrected chi connectivity index (χ3v) is 3.06. The van der Waals surface area contributed by atoms with Crippen LogP contribution in [0, 0.1) is 5.92 Å². The van der Waals surface area contributed by atoms with Gasteiger partial charge in [-0.05, 0) is 24.8 Å². The van der Waals surface area contributed by atoms with Crippen LogP contribution in [0.2, 0.25) is 0 Å². The summed E-state index contributed by atoms with van der Waals surface area (Å²) in [5.74, 6) is 0.299. The van der Waals surface area contributed by atoms with Crippen LogP contribution < -0.4 is 15.8 Å². The molecule has 2 rings (SSSR count). The molecule has 1 heterocycles. The Morgan fingerprint density at radius 3 is 3.00 bits per heavy atom. The molecule has 1 aliphatic rings. The van der Waals surface area contributed by atoms with Crippen molar-refractivity contribution in [1.82, 2.24) is 10.3 Å². The predicted octanol–water partition coefficient (Wildman–Crippen LogP) is 0.345. The quantitative estimate of drug-likeness (QED) is 0.307. The van der Waals surface area contributed by atoms with Crippen LogP contribution in [0.1, 0.15) is 23.2 Å². The highest BCUT2D eigenvalue weighted by Crippen LogP contribution is 2.33. The molecule has 0 bridgehead atoms. The zero-order valence-corrected chi connectivity index (χ0v) is 10.5. The fourth-order valence-electron chi connectivity index (χ4n) is 1.87. The summed E-state index contributed by atoms with van der Waals surface area (Å²) in [5, 5.41) is 14.5. The first-order valence-corrected chi connectivity index (χ1v) is 5.93. The lowest BCUT2D eigenvalue weighted by Crippen LogP contribution is -2.46. The van der Waals surface area contributed by atoms with Gasteiger partial charge in [-0.3, -0.25) is 9.78 Å². The van der Waals surface area contributed by atoms with Crippen molar-refractivity contribution in [2.75, 3.05) is 7.11 Å². The molecule has 0 aromatic carbocycles. The summed E-state index contributed by atoms with van der Waals surface area (Å²) in [6, 6.07) is 1.11. The Kier molecular flexibility index (Phi) is 3.84. The molecule has 0 saturated heterocycles. The largest absolute Gasteiger partial charge is 0.494 e. The van der Waals surface area contributed by atoms with Crippen LogP contribution >= 0.6 is 0 Å². The summed E-state index contributed by atoms with van der Waals surface area (Å²) in [6.45, 7) is 0. The Morgan fingerprint density at radius 1 is 1.68 bits per heavy atom. The van der Waals surface area contributed by atoms with Gasteiger partial charge in [0, 0.05) is 6.20 Å². The molecule has 1 aromatic heterocycles. The maximum atomic E-state index is 12.2. The number of carbonyl (C=O) groups is 1. The summed E-state index contributed by atoms with van der Waals surface area (Å²) in [5.41, 5.74) is 5.97. The molecule has 19 heavy (non-hydrogen) atoms. The number of hydrogen-bond donors (Lipinski definition) is 3. The number of pyridine rings is 1. The van der Waals surface area contributed by atoms with Crippen LogP contribution in [-0.2, 0) is 0 Å². The Morgan fingerprint density at radius 2 is 2.42 bits per heavy atom. The van der Waals surface area contributed by atoms with Crippen molar-refractivity contribution >= 4 is 11.7 Å². The van der Waals surface area contributed by atoms with Crippen LogP contribution in [0.4, 0.5) is 0 Å². The standard InChI is InChI=1S/C12H16N4O3/c1-19-9-6-14-5-4-8(9)12(17)15-10(7-2-3-7)11(13)16-18/h4-7,10,18H,2-3H2,1H3,(H2,13,16)(H,15,17). The minimum Gasteiger partial charge on any atom is -0.494 e. The topological polar surface area (TPSA) is 110 Å². The number of hydrogen-bond acceptors (Lipinski definition) is 5. The lowest BCUT2D eigenvalue weighted by molar-refractivity contribution is 0.0939. The number of nitrogens with one attached hydrogen (secondary N) is 1. The minimum atomic E-state index is -0.449. The monoisotopic (exact) mass is 264 g/mol. The molecule has 4 N–H and O–H groups in total. The zero-order valence-electron chi connectivity index (χ0n) is 10.5. The SMILES string of the molecule is COc1cnccc1C(=O)NC(/C(N)=N/O)C1CC1. The fraction of sp³-hybridized carbons (Fsp3) is 0.417. The number of ether oxygens (including phenoxy) is 1. The number of rotatable bonds is 5. The third kappa shape index (κ3) is 2.93. The average molecular weight is 264 g/mol. The second-order valence-electron chi connectivity index (χ2n) is 4.39. The van der Waals surface area contributed by atoms with Crippen molar-refractivity contribution in [3.05, 3.63) is 24.0 Å². The van der Waals surface area contributed by atoms with Crippen molar-refractivity contribution < 1.29 is 14.7 Å². The number of carbonyl (C=O) groups excluding carboxylic acids is 1. The Balaban J connectivity index is 2.15.